The van der Waals surface area contributed by atoms with Crippen molar-refractivity contribution in [3.63, 3.8) is 0 Å². The summed E-state index contributed by atoms with van der Waals surface area (Å²) in [6.07, 6.45) is 4.42. The van der Waals surface area contributed by atoms with Crippen LogP contribution < -0.4 is 11.1 Å². The maximum atomic E-state index is 12.4. The number of rotatable bonds is 8. The number of nitrogens with one attached hydrogen (secondary N) is 1. The summed E-state index contributed by atoms with van der Waals surface area (Å²) < 4.78 is 25.7. The zero-order chi connectivity index (χ0) is 12.7. The van der Waals surface area contributed by atoms with E-state index in [9.17, 15) is 13.6 Å². The van der Waals surface area contributed by atoms with Crippen LogP contribution in [0.5, 0.6) is 0 Å². The third-order valence-corrected chi connectivity index (χ3v) is 2.27. The Hall–Kier alpha value is -1.50. The van der Waals surface area contributed by atoms with Crippen LogP contribution in [0.15, 0.2) is 12.4 Å². The standard InChI is InChI=1S/C10H16F2N4O/c11-10(12)16-6-5-15-9(16)7-14-4-2-1-3-8(13)17/h5-6,10,14H,1-4,7H2,(H2,13,17). The van der Waals surface area contributed by atoms with E-state index in [0.717, 1.165) is 11.0 Å². The number of imidazole rings is 1. The van der Waals surface area contributed by atoms with Crippen molar-refractivity contribution in [3.05, 3.63) is 18.2 Å². The molecule has 3 N–H and O–H groups in total. The predicted octanol–water partition coefficient (Wildman–Crippen LogP) is 1.02. The smallest absolute Gasteiger partial charge is 0.319 e. The van der Waals surface area contributed by atoms with Gasteiger partial charge in [-0.05, 0) is 19.4 Å². The number of carbonyl (C=O) groups excluding carboxylic acids is 1. The molecule has 0 spiro atoms. The van der Waals surface area contributed by atoms with Gasteiger partial charge < -0.3 is 11.1 Å². The van der Waals surface area contributed by atoms with Crippen LogP contribution in [0.3, 0.4) is 0 Å². The van der Waals surface area contributed by atoms with Gasteiger partial charge in [-0.25, -0.2) is 4.98 Å². The van der Waals surface area contributed by atoms with Gasteiger partial charge >= 0.3 is 6.55 Å². The van der Waals surface area contributed by atoms with Gasteiger partial charge in [0.2, 0.25) is 5.91 Å². The maximum absolute atomic E-state index is 12.4. The van der Waals surface area contributed by atoms with Crippen molar-refractivity contribution in [1.29, 1.82) is 0 Å². The highest BCUT2D eigenvalue weighted by molar-refractivity contribution is 5.73. The summed E-state index contributed by atoms with van der Waals surface area (Å²) in [5.41, 5.74) is 4.98. The Morgan fingerprint density at radius 3 is 2.94 bits per heavy atom. The van der Waals surface area contributed by atoms with E-state index < -0.39 is 6.55 Å². The van der Waals surface area contributed by atoms with E-state index >= 15 is 0 Å². The molecule has 0 aliphatic rings. The normalized spacial score (nSPS) is 11.0. The lowest BCUT2D eigenvalue weighted by atomic mass is 10.2. The molecule has 96 valence electrons. The van der Waals surface area contributed by atoms with Crippen LogP contribution in [0, 0.1) is 0 Å². The lowest BCUT2D eigenvalue weighted by Crippen LogP contribution is -2.19. The van der Waals surface area contributed by atoms with Gasteiger partial charge in [-0.3, -0.25) is 9.36 Å². The molecular weight excluding hydrogens is 230 g/mol. The number of halogens is 2. The molecule has 0 radical (unpaired) electrons. The SMILES string of the molecule is NC(=O)CCCCNCc1nccn1C(F)F. The molecule has 0 aromatic carbocycles. The monoisotopic (exact) mass is 246 g/mol. The summed E-state index contributed by atoms with van der Waals surface area (Å²) >= 11 is 0. The molecule has 0 aliphatic carbocycles. The van der Waals surface area contributed by atoms with Crippen molar-refractivity contribution >= 4 is 5.91 Å². The molecule has 17 heavy (non-hydrogen) atoms. The van der Waals surface area contributed by atoms with Crippen molar-refractivity contribution in [1.82, 2.24) is 14.9 Å². The fraction of sp³-hybridized carbons (Fsp3) is 0.600. The maximum Gasteiger partial charge on any atom is 0.319 e. The van der Waals surface area contributed by atoms with E-state index in [0.29, 0.717) is 25.2 Å². The molecule has 5 nitrogen and oxygen atoms in total. The van der Waals surface area contributed by atoms with Crippen molar-refractivity contribution in [2.75, 3.05) is 6.54 Å². The molecule has 1 amide bonds. The number of primary amides is 1. The lowest BCUT2D eigenvalue weighted by Gasteiger charge is -2.07. The van der Waals surface area contributed by atoms with Crippen LogP contribution in [0.4, 0.5) is 8.78 Å². The van der Waals surface area contributed by atoms with Gasteiger partial charge in [0.05, 0.1) is 6.54 Å². The largest absolute Gasteiger partial charge is 0.370 e. The quantitative estimate of drug-likeness (QED) is 0.673. The van der Waals surface area contributed by atoms with Crippen molar-refractivity contribution in [3.8, 4) is 0 Å². The zero-order valence-electron chi connectivity index (χ0n) is 9.40. The van der Waals surface area contributed by atoms with Gasteiger partial charge in [0.15, 0.2) is 0 Å². The highest BCUT2D eigenvalue weighted by atomic mass is 19.3. The first-order chi connectivity index (χ1) is 8.11. The Balaban J connectivity index is 2.18. The van der Waals surface area contributed by atoms with Crippen molar-refractivity contribution in [2.45, 2.75) is 32.4 Å². The number of amides is 1. The van der Waals surface area contributed by atoms with E-state index in [-0.39, 0.29) is 12.5 Å². The van der Waals surface area contributed by atoms with Crippen LogP contribution in [-0.4, -0.2) is 22.0 Å². The van der Waals surface area contributed by atoms with E-state index in [1.54, 1.807) is 0 Å². The summed E-state index contributed by atoms with van der Waals surface area (Å²) in [6.45, 7) is -1.64. The van der Waals surface area contributed by atoms with Gasteiger partial charge in [-0.2, -0.15) is 8.78 Å². The number of hydrogen-bond acceptors (Lipinski definition) is 3. The molecular formula is C10H16F2N4O. The Morgan fingerprint density at radius 2 is 2.29 bits per heavy atom. The van der Waals surface area contributed by atoms with Crippen LogP contribution in [0.1, 0.15) is 31.6 Å². The molecule has 0 saturated heterocycles. The molecule has 7 heteroatoms. The number of unbranched alkanes of at least 4 members (excludes halogenated alkanes) is 1. The summed E-state index contributed by atoms with van der Waals surface area (Å²) in [4.78, 5) is 14.3. The van der Waals surface area contributed by atoms with Gasteiger partial charge in [-0.1, -0.05) is 0 Å². The van der Waals surface area contributed by atoms with E-state index in [1.807, 2.05) is 0 Å². The summed E-state index contributed by atoms with van der Waals surface area (Å²) in [7, 11) is 0. The van der Waals surface area contributed by atoms with Crippen LogP contribution in [0.25, 0.3) is 0 Å². The Bertz CT molecular complexity index is 354. The van der Waals surface area contributed by atoms with Crippen molar-refractivity contribution < 1.29 is 13.6 Å². The Morgan fingerprint density at radius 1 is 1.53 bits per heavy atom. The highest BCUT2D eigenvalue weighted by Gasteiger charge is 2.10. The number of carbonyl (C=O) groups is 1. The van der Waals surface area contributed by atoms with Crippen LogP contribution in [0.2, 0.25) is 0 Å². The van der Waals surface area contributed by atoms with Crippen LogP contribution in [-0.2, 0) is 11.3 Å². The number of nitrogens with zero attached hydrogens (tertiary/aromatic N) is 2. The van der Waals surface area contributed by atoms with Crippen molar-refractivity contribution in [2.24, 2.45) is 5.73 Å². The number of alkyl halides is 2. The number of aromatic nitrogens is 2. The molecule has 0 aliphatic heterocycles. The topological polar surface area (TPSA) is 72.9 Å². The molecule has 0 fully saturated rings. The molecule has 0 bridgehead atoms. The third-order valence-electron chi connectivity index (χ3n) is 2.27. The van der Waals surface area contributed by atoms with E-state index in [1.165, 1.54) is 12.4 Å². The van der Waals surface area contributed by atoms with Gasteiger partial charge in [-0.15, -0.1) is 0 Å². The van der Waals surface area contributed by atoms with Crippen LogP contribution >= 0.6 is 0 Å². The second kappa shape index (κ2) is 6.95. The predicted molar refractivity (Wildman–Crippen MR) is 58.2 cm³/mol. The first-order valence-electron chi connectivity index (χ1n) is 5.40. The lowest BCUT2D eigenvalue weighted by molar-refractivity contribution is -0.118. The fourth-order valence-electron chi connectivity index (χ4n) is 1.41. The summed E-state index contributed by atoms with van der Waals surface area (Å²) in [5.74, 6) is -0.0202. The van der Waals surface area contributed by atoms with Gasteiger partial charge in [0.25, 0.3) is 0 Å². The highest BCUT2D eigenvalue weighted by Crippen LogP contribution is 2.11. The Kier molecular flexibility index (Phi) is 5.55. The number of hydrogen-bond donors (Lipinski definition) is 2. The van der Waals surface area contributed by atoms with E-state index in [4.69, 9.17) is 5.73 Å². The molecule has 0 atom stereocenters. The minimum atomic E-state index is -2.57. The minimum absolute atomic E-state index is 0.286. The first kappa shape index (κ1) is 13.6. The molecule has 1 aromatic heterocycles. The zero-order valence-corrected chi connectivity index (χ0v) is 9.40. The summed E-state index contributed by atoms with van der Waals surface area (Å²) in [6, 6.07) is 0. The fourth-order valence-corrected chi connectivity index (χ4v) is 1.41. The minimum Gasteiger partial charge on any atom is -0.370 e. The molecule has 0 saturated carbocycles. The summed E-state index contributed by atoms with van der Waals surface area (Å²) in [5, 5.41) is 2.99. The molecule has 1 aromatic rings. The molecule has 1 rings (SSSR count). The number of nitrogens with two attached hydrogens (primary N) is 1. The average molecular weight is 246 g/mol. The molecule has 1 heterocycles. The first-order valence-corrected chi connectivity index (χ1v) is 5.40. The van der Waals surface area contributed by atoms with Gasteiger partial charge in [0, 0.05) is 18.8 Å². The third kappa shape index (κ3) is 4.90. The second-order valence-corrected chi connectivity index (χ2v) is 3.63. The second-order valence-electron chi connectivity index (χ2n) is 3.63. The molecule has 0 unspecified atom stereocenters. The average Bonchev–Trinajstić information content (AvgIpc) is 2.71. The Labute approximate surface area is 98.0 Å². The van der Waals surface area contributed by atoms with Gasteiger partial charge in [0.1, 0.15) is 5.82 Å². The van der Waals surface area contributed by atoms with E-state index in [2.05, 4.69) is 10.3 Å².